The highest BCUT2D eigenvalue weighted by Crippen LogP contribution is 2.30. The van der Waals surface area contributed by atoms with E-state index in [-0.39, 0.29) is 38.3 Å². The summed E-state index contributed by atoms with van der Waals surface area (Å²) < 4.78 is 42.3. The first kappa shape index (κ1) is 20.4. The van der Waals surface area contributed by atoms with Crippen molar-refractivity contribution in [2.45, 2.75) is 18.8 Å². The van der Waals surface area contributed by atoms with Gasteiger partial charge in [0, 0.05) is 37.3 Å². The van der Waals surface area contributed by atoms with Gasteiger partial charge in [0.25, 0.3) is 0 Å². The van der Waals surface area contributed by atoms with Crippen LogP contribution in [0.4, 0.5) is 23.7 Å². The molecule has 5 nitrogen and oxygen atoms in total. The van der Waals surface area contributed by atoms with Crippen molar-refractivity contribution in [3.63, 3.8) is 0 Å². The highest BCUT2D eigenvalue weighted by atomic mass is 19.1. The molecule has 2 aromatic rings. The highest BCUT2D eigenvalue weighted by Gasteiger charge is 2.39. The molecule has 8 heteroatoms. The minimum absolute atomic E-state index is 0.0775. The second kappa shape index (κ2) is 8.49. The number of aliphatic hydroxyl groups excluding tert-OH is 1. The van der Waals surface area contributed by atoms with E-state index in [1.54, 1.807) is 30.3 Å². The number of urea groups is 1. The number of carbonyl (C=O) groups excluding carboxylic acids is 1. The molecule has 2 heterocycles. The largest absolute Gasteiger partial charge is 0.392 e. The van der Waals surface area contributed by atoms with Crippen LogP contribution in [0, 0.1) is 11.6 Å². The highest BCUT2D eigenvalue weighted by molar-refractivity contribution is 5.95. The zero-order valence-corrected chi connectivity index (χ0v) is 16.2. The Labute approximate surface area is 172 Å². The molecule has 2 aromatic carbocycles. The van der Waals surface area contributed by atoms with Gasteiger partial charge in [-0.15, -0.1) is 0 Å². The van der Waals surface area contributed by atoms with Crippen LogP contribution in [-0.4, -0.2) is 54.4 Å². The van der Waals surface area contributed by atoms with E-state index >= 15 is 0 Å². The SMILES string of the molecule is O=C(N1CC=C(c2cc(F)ccc2F)C1)N(c1ccccc1CO)[C@@H]1CNC[C@H]1F. The van der Waals surface area contributed by atoms with Crippen LogP contribution in [0.1, 0.15) is 11.1 Å². The molecular formula is C22H22F3N3O2. The maximum absolute atomic E-state index is 14.6. The number of nitrogens with one attached hydrogen (secondary N) is 1. The minimum Gasteiger partial charge on any atom is -0.392 e. The van der Waals surface area contributed by atoms with Gasteiger partial charge in [-0.2, -0.15) is 0 Å². The van der Waals surface area contributed by atoms with E-state index in [1.807, 2.05) is 0 Å². The molecule has 30 heavy (non-hydrogen) atoms. The van der Waals surface area contributed by atoms with Gasteiger partial charge in [-0.3, -0.25) is 4.90 Å². The Balaban J connectivity index is 1.62. The molecule has 0 spiro atoms. The van der Waals surface area contributed by atoms with E-state index in [1.165, 1.54) is 9.80 Å². The van der Waals surface area contributed by atoms with Gasteiger partial charge in [0.1, 0.15) is 17.8 Å². The Morgan fingerprint density at radius 1 is 1.20 bits per heavy atom. The van der Waals surface area contributed by atoms with Gasteiger partial charge >= 0.3 is 6.03 Å². The summed E-state index contributed by atoms with van der Waals surface area (Å²) in [6, 6.07) is 8.82. The molecule has 2 N–H and O–H groups in total. The molecular weight excluding hydrogens is 395 g/mol. The van der Waals surface area contributed by atoms with Gasteiger partial charge in [0.2, 0.25) is 0 Å². The number of hydrogen-bond donors (Lipinski definition) is 2. The molecule has 158 valence electrons. The number of benzene rings is 2. The van der Waals surface area contributed by atoms with Crippen molar-refractivity contribution >= 4 is 17.3 Å². The first-order valence-corrected chi connectivity index (χ1v) is 9.75. The Bertz CT molecular complexity index is 982. The molecule has 1 fully saturated rings. The van der Waals surface area contributed by atoms with Crippen molar-refractivity contribution in [1.29, 1.82) is 0 Å². The van der Waals surface area contributed by atoms with Gasteiger partial charge in [-0.25, -0.2) is 18.0 Å². The molecule has 0 saturated carbocycles. The number of aliphatic hydroxyl groups is 1. The van der Waals surface area contributed by atoms with E-state index in [0.29, 0.717) is 16.8 Å². The Morgan fingerprint density at radius 2 is 2.00 bits per heavy atom. The lowest BCUT2D eigenvalue weighted by Gasteiger charge is -2.34. The van der Waals surface area contributed by atoms with Gasteiger partial charge < -0.3 is 15.3 Å². The molecule has 2 atom stereocenters. The van der Waals surface area contributed by atoms with Gasteiger partial charge in [-0.1, -0.05) is 24.3 Å². The molecule has 2 aliphatic heterocycles. The van der Waals surface area contributed by atoms with Crippen molar-refractivity contribution in [3.8, 4) is 0 Å². The lowest BCUT2D eigenvalue weighted by molar-refractivity contribution is 0.210. The summed E-state index contributed by atoms with van der Waals surface area (Å²) in [6.45, 7) is 0.384. The Kier molecular flexibility index (Phi) is 5.78. The van der Waals surface area contributed by atoms with Crippen molar-refractivity contribution in [2.75, 3.05) is 31.1 Å². The average Bonchev–Trinajstić information content (AvgIpc) is 3.40. The fourth-order valence-electron chi connectivity index (χ4n) is 3.98. The predicted molar refractivity (Wildman–Crippen MR) is 108 cm³/mol. The number of halogens is 3. The van der Waals surface area contributed by atoms with Crippen LogP contribution >= 0.6 is 0 Å². The van der Waals surface area contributed by atoms with E-state index in [0.717, 1.165) is 18.2 Å². The monoisotopic (exact) mass is 417 g/mol. The standard InChI is InChI=1S/C22H22F3N3O2/c23-16-5-6-18(24)17(9-16)14-7-8-27(12-14)22(30)28(21-11-26-10-19(21)25)20-4-2-1-3-15(20)13-29/h1-7,9,19,21,26,29H,8,10-13H2/t19-,21-/m1/s1. The topological polar surface area (TPSA) is 55.8 Å². The third kappa shape index (κ3) is 3.80. The van der Waals surface area contributed by atoms with Crippen LogP contribution in [0.5, 0.6) is 0 Å². The molecule has 0 radical (unpaired) electrons. The van der Waals surface area contributed by atoms with Crippen molar-refractivity contribution < 1.29 is 23.1 Å². The summed E-state index contributed by atoms with van der Waals surface area (Å²) in [7, 11) is 0. The van der Waals surface area contributed by atoms with Gasteiger partial charge in [0.05, 0.1) is 18.3 Å². The summed E-state index contributed by atoms with van der Waals surface area (Å²) in [6.07, 6.45) is 0.405. The number of amides is 2. The molecule has 1 saturated heterocycles. The number of para-hydroxylation sites is 1. The molecule has 4 rings (SSSR count). The zero-order chi connectivity index (χ0) is 21.3. The summed E-state index contributed by atoms with van der Waals surface area (Å²) in [5.74, 6) is -1.13. The number of anilines is 1. The van der Waals surface area contributed by atoms with Gasteiger partial charge in [0.15, 0.2) is 0 Å². The number of alkyl halides is 1. The number of nitrogens with zero attached hydrogens (tertiary/aromatic N) is 2. The Morgan fingerprint density at radius 3 is 2.73 bits per heavy atom. The molecule has 0 aliphatic carbocycles. The van der Waals surface area contributed by atoms with Crippen molar-refractivity contribution in [3.05, 3.63) is 71.3 Å². The number of rotatable bonds is 4. The lowest BCUT2D eigenvalue weighted by Crippen LogP contribution is -2.52. The molecule has 2 aliphatic rings. The van der Waals surface area contributed by atoms with Crippen molar-refractivity contribution in [2.24, 2.45) is 0 Å². The van der Waals surface area contributed by atoms with E-state index < -0.39 is 29.9 Å². The van der Waals surface area contributed by atoms with E-state index in [9.17, 15) is 23.1 Å². The quantitative estimate of drug-likeness (QED) is 0.804. The third-order valence-electron chi connectivity index (χ3n) is 5.53. The predicted octanol–water partition coefficient (Wildman–Crippen LogP) is 3.09. The second-order valence-corrected chi connectivity index (χ2v) is 7.42. The fourth-order valence-corrected chi connectivity index (χ4v) is 3.98. The molecule has 0 aromatic heterocycles. The van der Waals surface area contributed by atoms with Crippen LogP contribution in [-0.2, 0) is 6.61 Å². The minimum atomic E-state index is -1.27. The fraction of sp³-hybridized carbons (Fsp3) is 0.318. The summed E-state index contributed by atoms with van der Waals surface area (Å²) in [5, 5.41) is 12.7. The van der Waals surface area contributed by atoms with Crippen LogP contribution < -0.4 is 10.2 Å². The maximum atomic E-state index is 14.6. The first-order chi connectivity index (χ1) is 14.5. The number of carbonyl (C=O) groups is 1. The zero-order valence-electron chi connectivity index (χ0n) is 16.2. The van der Waals surface area contributed by atoms with Crippen LogP contribution in [0.2, 0.25) is 0 Å². The van der Waals surface area contributed by atoms with Crippen LogP contribution in [0.25, 0.3) is 5.57 Å². The van der Waals surface area contributed by atoms with Crippen LogP contribution in [0.3, 0.4) is 0 Å². The molecule has 0 unspecified atom stereocenters. The first-order valence-electron chi connectivity index (χ1n) is 9.75. The number of hydrogen-bond acceptors (Lipinski definition) is 3. The smallest absolute Gasteiger partial charge is 0.325 e. The summed E-state index contributed by atoms with van der Waals surface area (Å²) in [4.78, 5) is 16.3. The normalized spacial score (nSPS) is 21.1. The van der Waals surface area contributed by atoms with E-state index in [2.05, 4.69) is 5.32 Å². The Hall–Kier alpha value is -2.84. The second-order valence-electron chi connectivity index (χ2n) is 7.42. The molecule has 0 bridgehead atoms. The summed E-state index contributed by atoms with van der Waals surface area (Å²) >= 11 is 0. The van der Waals surface area contributed by atoms with Crippen LogP contribution in [0.15, 0.2) is 48.5 Å². The molecule has 2 amide bonds. The van der Waals surface area contributed by atoms with E-state index in [4.69, 9.17) is 0 Å². The maximum Gasteiger partial charge on any atom is 0.325 e. The average molecular weight is 417 g/mol. The van der Waals surface area contributed by atoms with Gasteiger partial charge in [-0.05, 0) is 29.8 Å². The lowest BCUT2D eigenvalue weighted by atomic mass is 10.1. The summed E-state index contributed by atoms with van der Waals surface area (Å²) in [5.41, 5.74) is 1.55. The van der Waals surface area contributed by atoms with Crippen molar-refractivity contribution in [1.82, 2.24) is 10.2 Å². The third-order valence-corrected chi connectivity index (χ3v) is 5.53.